The molecule has 1 aromatic heterocycles. The molecule has 0 aliphatic heterocycles. The molecule has 2 nitrogen and oxygen atoms in total. The molecule has 1 heterocycles. The first kappa shape index (κ1) is 16.0. The van der Waals surface area contributed by atoms with Crippen molar-refractivity contribution in [1.82, 2.24) is 10.3 Å². The molecule has 1 aromatic carbocycles. The molecule has 0 saturated carbocycles. The molecule has 0 saturated heterocycles. The fourth-order valence-corrected chi connectivity index (χ4v) is 2.59. The van der Waals surface area contributed by atoms with Gasteiger partial charge in [0.05, 0.1) is 5.52 Å². The topological polar surface area (TPSA) is 24.9 Å². The van der Waals surface area contributed by atoms with Gasteiger partial charge in [0.15, 0.2) is 0 Å². The quantitative estimate of drug-likeness (QED) is 0.812. The molecule has 1 N–H and O–H groups in total. The monoisotopic (exact) mass is 284 g/mol. The molecule has 2 aromatic rings. The fourth-order valence-electron chi connectivity index (χ4n) is 2.59. The standard InChI is InChI=1S/C19H28N2/c1-6-11-20-13-15-12-17(19(3,4)5)21-18-14(7-2)9-8-10-16(15)18/h8-10,12,20H,6-7,11,13H2,1-5H3. The molecule has 0 spiro atoms. The SMILES string of the molecule is CCCNCc1cc(C(C)(C)C)nc2c(CC)cccc12. The smallest absolute Gasteiger partial charge is 0.0740 e. The Morgan fingerprint density at radius 1 is 1.10 bits per heavy atom. The van der Waals surface area contributed by atoms with Crippen LogP contribution in [-0.4, -0.2) is 11.5 Å². The Balaban J connectivity index is 2.58. The second-order valence-corrected chi connectivity index (χ2v) is 6.76. The Kier molecular flexibility index (Phi) is 5.00. The van der Waals surface area contributed by atoms with Crippen molar-refractivity contribution in [2.75, 3.05) is 6.54 Å². The third-order valence-corrected chi connectivity index (χ3v) is 3.90. The van der Waals surface area contributed by atoms with Gasteiger partial charge in [0.2, 0.25) is 0 Å². The second kappa shape index (κ2) is 6.57. The van der Waals surface area contributed by atoms with Crippen molar-refractivity contribution in [3.05, 3.63) is 41.1 Å². The van der Waals surface area contributed by atoms with Crippen LogP contribution in [0.3, 0.4) is 0 Å². The Labute approximate surface area is 129 Å². The summed E-state index contributed by atoms with van der Waals surface area (Å²) in [6.45, 7) is 13.1. The maximum Gasteiger partial charge on any atom is 0.0740 e. The number of hydrogen-bond donors (Lipinski definition) is 1. The van der Waals surface area contributed by atoms with Crippen LogP contribution in [0.15, 0.2) is 24.3 Å². The van der Waals surface area contributed by atoms with Crippen LogP contribution >= 0.6 is 0 Å². The van der Waals surface area contributed by atoms with Crippen molar-refractivity contribution >= 4 is 10.9 Å². The normalized spacial score (nSPS) is 12.0. The second-order valence-electron chi connectivity index (χ2n) is 6.76. The van der Waals surface area contributed by atoms with E-state index in [0.717, 1.165) is 25.9 Å². The zero-order valence-electron chi connectivity index (χ0n) is 14.1. The number of nitrogens with zero attached hydrogens (tertiary/aromatic N) is 1. The molecule has 0 amide bonds. The molecule has 0 radical (unpaired) electrons. The summed E-state index contributed by atoms with van der Waals surface area (Å²) in [7, 11) is 0. The molecule has 2 rings (SSSR count). The van der Waals surface area contributed by atoms with Gasteiger partial charge in [-0.1, -0.05) is 52.8 Å². The van der Waals surface area contributed by atoms with Crippen LogP contribution in [0.1, 0.15) is 57.9 Å². The lowest BCUT2D eigenvalue weighted by molar-refractivity contribution is 0.569. The van der Waals surface area contributed by atoms with E-state index in [4.69, 9.17) is 4.98 Å². The lowest BCUT2D eigenvalue weighted by Gasteiger charge is -2.21. The first-order valence-corrected chi connectivity index (χ1v) is 8.10. The van der Waals surface area contributed by atoms with Crippen LogP contribution in [0.2, 0.25) is 0 Å². The molecule has 114 valence electrons. The zero-order chi connectivity index (χ0) is 15.5. The summed E-state index contributed by atoms with van der Waals surface area (Å²) in [5.41, 5.74) is 5.16. The number of pyridine rings is 1. The molecule has 0 atom stereocenters. The summed E-state index contributed by atoms with van der Waals surface area (Å²) in [5, 5.41) is 4.83. The maximum atomic E-state index is 4.98. The number of fused-ring (bicyclic) bond motifs is 1. The number of aromatic nitrogens is 1. The van der Waals surface area contributed by atoms with E-state index in [9.17, 15) is 0 Å². The highest BCUT2D eigenvalue weighted by Gasteiger charge is 2.18. The highest BCUT2D eigenvalue weighted by Crippen LogP contribution is 2.28. The summed E-state index contributed by atoms with van der Waals surface area (Å²) in [4.78, 5) is 4.98. The minimum atomic E-state index is 0.0779. The Morgan fingerprint density at radius 2 is 1.86 bits per heavy atom. The van der Waals surface area contributed by atoms with E-state index in [-0.39, 0.29) is 5.41 Å². The molecule has 0 fully saturated rings. The van der Waals surface area contributed by atoms with E-state index in [1.807, 2.05) is 0 Å². The van der Waals surface area contributed by atoms with Crippen molar-refractivity contribution < 1.29 is 0 Å². The van der Waals surface area contributed by atoms with Gasteiger partial charge in [-0.2, -0.15) is 0 Å². The predicted molar refractivity (Wildman–Crippen MR) is 91.8 cm³/mol. The fraction of sp³-hybridized carbons (Fsp3) is 0.526. The lowest BCUT2D eigenvalue weighted by atomic mass is 9.89. The van der Waals surface area contributed by atoms with Gasteiger partial charge < -0.3 is 5.32 Å². The average molecular weight is 284 g/mol. The average Bonchev–Trinajstić information content (AvgIpc) is 2.45. The third-order valence-electron chi connectivity index (χ3n) is 3.90. The molecule has 0 aliphatic rings. The largest absolute Gasteiger partial charge is 0.313 e. The molecule has 21 heavy (non-hydrogen) atoms. The van der Waals surface area contributed by atoms with Crippen LogP contribution in [0.25, 0.3) is 10.9 Å². The molecule has 0 bridgehead atoms. The van der Waals surface area contributed by atoms with Gasteiger partial charge >= 0.3 is 0 Å². The first-order chi connectivity index (χ1) is 9.97. The van der Waals surface area contributed by atoms with Gasteiger partial charge in [0, 0.05) is 23.0 Å². The third kappa shape index (κ3) is 3.62. The molecule has 2 heteroatoms. The highest BCUT2D eigenvalue weighted by molar-refractivity contribution is 5.85. The van der Waals surface area contributed by atoms with Crippen molar-refractivity contribution in [3.8, 4) is 0 Å². The van der Waals surface area contributed by atoms with E-state index >= 15 is 0 Å². The highest BCUT2D eigenvalue weighted by atomic mass is 14.8. The van der Waals surface area contributed by atoms with E-state index in [1.165, 1.54) is 27.7 Å². The van der Waals surface area contributed by atoms with Gasteiger partial charge in [-0.15, -0.1) is 0 Å². The van der Waals surface area contributed by atoms with Crippen LogP contribution < -0.4 is 5.32 Å². The number of benzene rings is 1. The molecule has 0 aliphatic carbocycles. The first-order valence-electron chi connectivity index (χ1n) is 8.10. The van der Waals surface area contributed by atoms with Crippen LogP contribution in [0.4, 0.5) is 0 Å². The van der Waals surface area contributed by atoms with E-state index in [0.29, 0.717) is 0 Å². The summed E-state index contributed by atoms with van der Waals surface area (Å²) in [6.07, 6.45) is 2.19. The minimum absolute atomic E-state index is 0.0779. The number of nitrogens with one attached hydrogen (secondary N) is 1. The number of aryl methyl sites for hydroxylation is 1. The van der Waals surface area contributed by atoms with E-state index in [1.54, 1.807) is 0 Å². The van der Waals surface area contributed by atoms with Crippen molar-refractivity contribution in [1.29, 1.82) is 0 Å². The maximum absolute atomic E-state index is 4.98. The number of hydrogen-bond acceptors (Lipinski definition) is 2. The summed E-state index contributed by atoms with van der Waals surface area (Å²) in [5.74, 6) is 0. The summed E-state index contributed by atoms with van der Waals surface area (Å²) in [6, 6.07) is 8.84. The van der Waals surface area contributed by atoms with E-state index in [2.05, 4.69) is 64.2 Å². The van der Waals surface area contributed by atoms with Crippen LogP contribution in [-0.2, 0) is 18.4 Å². The summed E-state index contributed by atoms with van der Waals surface area (Å²) < 4.78 is 0. The Morgan fingerprint density at radius 3 is 2.48 bits per heavy atom. The van der Waals surface area contributed by atoms with Crippen LogP contribution in [0, 0.1) is 0 Å². The van der Waals surface area contributed by atoms with Crippen LogP contribution in [0.5, 0.6) is 0 Å². The van der Waals surface area contributed by atoms with Crippen molar-refractivity contribution in [2.45, 2.75) is 59.4 Å². The lowest BCUT2D eigenvalue weighted by Crippen LogP contribution is -2.18. The van der Waals surface area contributed by atoms with Gasteiger partial charge in [-0.25, -0.2) is 0 Å². The number of para-hydroxylation sites is 1. The summed E-state index contributed by atoms with van der Waals surface area (Å²) >= 11 is 0. The van der Waals surface area contributed by atoms with Gasteiger partial charge in [0.25, 0.3) is 0 Å². The van der Waals surface area contributed by atoms with Crippen molar-refractivity contribution in [2.24, 2.45) is 0 Å². The number of rotatable bonds is 5. The zero-order valence-corrected chi connectivity index (χ0v) is 14.1. The van der Waals surface area contributed by atoms with Crippen molar-refractivity contribution in [3.63, 3.8) is 0 Å². The predicted octanol–water partition coefficient (Wildman–Crippen LogP) is 4.59. The van der Waals surface area contributed by atoms with Gasteiger partial charge in [0.1, 0.15) is 0 Å². The van der Waals surface area contributed by atoms with Gasteiger partial charge in [-0.05, 0) is 36.6 Å². The molecule has 0 unspecified atom stereocenters. The molecular weight excluding hydrogens is 256 g/mol. The Bertz CT molecular complexity index is 609. The molecular formula is C19H28N2. The minimum Gasteiger partial charge on any atom is -0.313 e. The van der Waals surface area contributed by atoms with Gasteiger partial charge in [-0.3, -0.25) is 4.98 Å². The Hall–Kier alpha value is -1.41. The van der Waals surface area contributed by atoms with E-state index < -0.39 is 0 Å².